The molecule has 0 aliphatic carbocycles. The summed E-state index contributed by atoms with van der Waals surface area (Å²) in [5.74, 6) is -9.97. The summed E-state index contributed by atoms with van der Waals surface area (Å²) in [6.45, 7) is 3.67. The fourth-order valence-electron chi connectivity index (χ4n) is 11.0. The predicted octanol–water partition coefficient (Wildman–Crippen LogP) is 0.115. The topological polar surface area (TPSA) is 343 Å². The van der Waals surface area contributed by atoms with Crippen molar-refractivity contribution in [3.05, 3.63) is 72.1 Å². The SMILES string of the molecule is CC(C)[C@H]1COC[C@@H](NC(=O)c2nc3ccccc3cc2O)C(=O)N2CCCC[C@H]2C(=O)NCC(=O)N(C)CC(=O)N(C)[C@@H](C(C)C)C(=O)NC[C@@H](NC(=O)c2nc3ccccc3cc2O)C(=O)N2CCCC[C@H]2C(=O)NCC(=O)N(C)CC(=O)N1C. The van der Waals surface area contributed by atoms with Gasteiger partial charge in [-0.15, -0.1) is 0 Å². The number of carbonyl (C=O) groups excluding carboxylic acids is 11. The van der Waals surface area contributed by atoms with Gasteiger partial charge in [0.05, 0.1) is 56.5 Å². The Labute approximate surface area is 503 Å². The number of likely N-dealkylation sites (N-methyl/N-ethyl adjacent to an activating group) is 4. The summed E-state index contributed by atoms with van der Waals surface area (Å²) in [5, 5.41) is 36.1. The lowest BCUT2D eigenvalue weighted by atomic mass is 9.99. The number of fused-ring (bicyclic) bond motifs is 4. The molecule has 3 fully saturated rings. The van der Waals surface area contributed by atoms with E-state index >= 15 is 0 Å². The Hall–Kier alpha value is -9.01. The fraction of sp³-hybridized carbons (Fsp3) is 0.517. The summed E-state index contributed by atoms with van der Waals surface area (Å²) >= 11 is 0. The molecule has 3 aliphatic heterocycles. The molecule has 468 valence electrons. The number of nitrogens with one attached hydrogen (secondary N) is 5. The van der Waals surface area contributed by atoms with Crippen LogP contribution in [0, 0.1) is 11.8 Å². The van der Waals surface area contributed by atoms with Crippen LogP contribution in [0.2, 0.25) is 0 Å². The maximum Gasteiger partial charge on any atom is 0.274 e. The van der Waals surface area contributed by atoms with E-state index in [9.17, 15) is 63.0 Å². The zero-order chi connectivity index (χ0) is 63.4. The van der Waals surface area contributed by atoms with Gasteiger partial charge < -0.3 is 70.9 Å². The van der Waals surface area contributed by atoms with Crippen molar-refractivity contribution >= 4 is 86.8 Å². The quantitative estimate of drug-likeness (QED) is 0.135. The highest BCUT2D eigenvalue weighted by Crippen LogP contribution is 2.26. The molecule has 2 aromatic carbocycles. The van der Waals surface area contributed by atoms with E-state index in [2.05, 4.69) is 36.6 Å². The third-order valence-corrected chi connectivity index (χ3v) is 16.1. The number of para-hydroxylation sites is 2. The zero-order valence-electron chi connectivity index (χ0n) is 50.4. The average molecular weight is 1210 g/mol. The van der Waals surface area contributed by atoms with E-state index in [1.807, 2.05) is 13.8 Å². The molecule has 7 rings (SSSR count). The molecule has 5 heterocycles. The Kier molecular flexibility index (Phi) is 22.1. The number of carbonyl (C=O) groups is 11. The van der Waals surface area contributed by atoms with Gasteiger partial charge >= 0.3 is 0 Å². The summed E-state index contributed by atoms with van der Waals surface area (Å²) in [5.41, 5.74) is -0.0602. The van der Waals surface area contributed by atoms with Crippen LogP contribution in [0.1, 0.15) is 87.2 Å². The molecular formula is C60H79N13O14. The lowest BCUT2D eigenvalue weighted by molar-refractivity contribution is -0.146. The first-order valence-electron chi connectivity index (χ1n) is 29.2. The van der Waals surface area contributed by atoms with Gasteiger partial charge in [0.2, 0.25) is 53.2 Å². The van der Waals surface area contributed by atoms with Crippen molar-refractivity contribution in [2.75, 3.05) is 87.2 Å². The minimum atomic E-state index is -1.59. The summed E-state index contributed by atoms with van der Waals surface area (Å²) in [6.07, 6.45) is 2.28. The number of pyridine rings is 2. The van der Waals surface area contributed by atoms with Crippen molar-refractivity contribution in [3.63, 3.8) is 0 Å². The minimum absolute atomic E-state index is 0.0336. The van der Waals surface area contributed by atoms with E-state index in [0.29, 0.717) is 47.5 Å². The molecule has 0 saturated carbocycles. The first-order chi connectivity index (χ1) is 41.4. The van der Waals surface area contributed by atoms with Crippen LogP contribution in [0.4, 0.5) is 0 Å². The minimum Gasteiger partial charge on any atom is -0.505 e. The van der Waals surface area contributed by atoms with Gasteiger partial charge in [0.15, 0.2) is 11.4 Å². The molecule has 7 N–H and O–H groups in total. The maximum absolute atomic E-state index is 14.8. The van der Waals surface area contributed by atoms with Gasteiger partial charge in [0.25, 0.3) is 11.8 Å². The Balaban J connectivity index is 1.16. The third-order valence-electron chi connectivity index (χ3n) is 16.1. The van der Waals surface area contributed by atoms with Crippen molar-refractivity contribution in [1.29, 1.82) is 0 Å². The van der Waals surface area contributed by atoms with Crippen molar-refractivity contribution in [3.8, 4) is 11.5 Å². The number of aromatic hydroxyl groups is 2. The van der Waals surface area contributed by atoms with E-state index in [1.54, 1.807) is 62.4 Å². The standard InChI is InChI=1S/C60H79N13O14/c1-34(2)44-33-87-32-41(67-57(83)52-46(75)26-37-18-10-12-20-39(37)65-52)60(86)73-24-16-14-22-43(73)55(81)63-29-48(77)69(6)31-50(79)71(8)53(35(3)4)58(84)61-27-40(66-56(82)51-45(74)25-36-17-9-11-19-38(36)64-51)59(85)72-23-15-13-21-42(72)54(80)62-28-47(76)68(5)30-49(78)70(44)7/h9-12,17-20,25-26,34-35,40-44,53,74-75H,13-16,21-24,27-33H2,1-8H3,(H,61,84)(H,62,80)(H,63,81)(H,66,82)(H,67,83)/t40-,41-,42+,43+,44-,53+/m1/s1. The number of amides is 11. The van der Waals surface area contributed by atoms with Gasteiger partial charge in [-0.2, -0.15) is 0 Å². The Morgan fingerprint density at radius 1 is 0.563 bits per heavy atom. The monoisotopic (exact) mass is 1210 g/mol. The van der Waals surface area contributed by atoms with E-state index in [1.165, 1.54) is 55.0 Å². The van der Waals surface area contributed by atoms with Gasteiger partial charge in [0, 0.05) is 58.6 Å². The molecule has 0 unspecified atom stereocenters. The lowest BCUT2D eigenvalue weighted by Gasteiger charge is -2.37. The van der Waals surface area contributed by atoms with Gasteiger partial charge in [0.1, 0.15) is 41.7 Å². The summed E-state index contributed by atoms with van der Waals surface area (Å²) < 4.78 is 6.17. The predicted molar refractivity (Wildman–Crippen MR) is 316 cm³/mol. The average Bonchev–Trinajstić information content (AvgIpc) is 2.25. The van der Waals surface area contributed by atoms with Crippen LogP contribution in [-0.2, 0) is 47.9 Å². The Bertz CT molecular complexity index is 3270. The molecule has 87 heavy (non-hydrogen) atoms. The number of rotatable bonds is 6. The van der Waals surface area contributed by atoms with Gasteiger partial charge in [-0.25, -0.2) is 9.97 Å². The first-order valence-corrected chi connectivity index (χ1v) is 29.2. The van der Waals surface area contributed by atoms with Crippen LogP contribution < -0.4 is 26.6 Å². The van der Waals surface area contributed by atoms with Crippen molar-refractivity contribution in [2.45, 2.75) is 102 Å². The molecule has 3 aliphatic rings. The molecule has 3 saturated heterocycles. The normalized spacial score (nSPS) is 23.2. The van der Waals surface area contributed by atoms with Gasteiger partial charge in [-0.05, 0) is 74.6 Å². The van der Waals surface area contributed by atoms with Gasteiger partial charge in [-0.3, -0.25) is 52.7 Å². The van der Waals surface area contributed by atoms with E-state index < -0.39 is 164 Å². The van der Waals surface area contributed by atoms with Crippen LogP contribution in [0.15, 0.2) is 60.7 Å². The molecular weight excluding hydrogens is 1130 g/mol. The molecule has 11 amide bonds. The number of hydrogen-bond donors (Lipinski definition) is 7. The van der Waals surface area contributed by atoms with E-state index in [-0.39, 0.29) is 44.1 Å². The number of ether oxygens (including phenoxy) is 1. The highest BCUT2D eigenvalue weighted by atomic mass is 16.5. The second-order valence-corrected chi connectivity index (χ2v) is 23.0. The second kappa shape index (κ2) is 29.4. The summed E-state index contributed by atoms with van der Waals surface area (Å²) in [4.78, 5) is 171. The molecule has 2 aromatic heterocycles. The van der Waals surface area contributed by atoms with Crippen LogP contribution in [-0.4, -0.2) is 238 Å². The molecule has 27 heteroatoms. The van der Waals surface area contributed by atoms with Gasteiger partial charge in [-0.1, -0.05) is 64.1 Å². The number of nitrogens with zero attached hydrogens (tertiary/aromatic N) is 8. The van der Waals surface area contributed by atoms with Crippen molar-refractivity contribution < 1.29 is 67.7 Å². The van der Waals surface area contributed by atoms with Crippen LogP contribution >= 0.6 is 0 Å². The van der Waals surface area contributed by atoms with Crippen molar-refractivity contribution in [1.82, 2.24) is 66.0 Å². The highest BCUT2D eigenvalue weighted by Gasteiger charge is 2.41. The summed E-state index contributed by atoms with van der Waals surface area (Å²) in [6, 6.07) is 8.93. The summed E-state index contributed by atoms with van der Waals surface area (Å²) in [7, 11) is 5.56. The number of aromatic nitrogens is 2. The van der Waals surface area contributed by atoms with Crippen LogP contribution in [0.5, 0.6) is 11.5 Å². The maximum atomic E-state index is 14.8. The Morgan fingerprint density at radius 3 is 1.48 bits per heavy atom. The molecule has 4 aromatic rings. The molecule has 27 nitrogen and oxygen atoms in total. The van der Waals surface area contributed by atoms with Crippen molar-refractivity contribution in [2.24, 2.45) is 11.8 Å². The molecule has 0 bridgehead atoms. The number of hydrogen-bond acceptors (Lipinski definition) is 16. The molecule has 0 radical (unpaired) electrons. The smallest absolute Gasteiger partial charge is 0.274 e. The Morgan fingerprint density at radius 2 is 1.01 bits per heavy atom. The molecule has 6 atom stereocenters. The number of piperidine rings is 2. The lowest BCUT2D eigenvalue weighted by Crippen LogP contribution is -2.61. The largest absolute Gasteiger partial charge is 0.505 e. The van der Waals surface area contributed by atoms with Crippen LogP contribution in [0.25, 0.3) is 21.8 Å². The third kappa shape index (κ3) is 16.1. The van der Waals surface area contributed by atoms with E-state index in [4.69, 9.17) is 4.74 Å². The van der Waals surface area contributed by atoms with E-state index in [0.717, 1.165) is 14.7 Å². The highest BCUT2D eigenvalue weighted by molar-refractivity contribution is 6.03. The fourth-order valence-corrected chi connectivity index (χ4v) is 11.0. The zero-order valence-corrected chi connectivity index (χ0v) is 50.4. The number of benzene rings is 2. The van der Waals surface area contributed by atoms with Crippen LogP contribution in [0.3, 0.4) is 0 Å². The second-order valence-electron chi connectivity index (χ2n) is 23.0. The first kappa shape index (κ1) is 65.5. The molecule has 0 spiro atoms.